The number of sulfonamides is 1. The van der Waals surface area contributed by atoms with Crippen LogP contribution in [-0.2, 0) is 14.8 Å². The molecular formula is C18H25BrN2O4S. The number of piperazine rings is 1. The van der Waals surface area contributed by atoms with E-state index < -0.39 is 10.0 Å². The molecule has 6 nitrogen and oxygen atoms in total. The number of amides is 1. The average Bonchev–Trinajstić information content (AvgIpc) is 2.68. The summed E-state index contributed by atoms with van der Waals surface area (Å²) in [6, 6.07) is 4.95. The Kier molecular flexibility index (Phi) is 6.25. The molecule has 1 aliphatic heterocycles. The van der Waals surface area contributed by atoms with Gasteiger partial charge < -0.3 is 9.64 Å². The van der Waals surface area contributed by atoms with Gasteiger partial charge in [-0.05, 0) is 31.0 Å². The fourth-order valence-corrected chi connectivity index (χ4v) is 5.86. The minimum absolute atomic E-state index is 0.122. The topological polar surface area (TPSA) is 66.9 Å². The normalized spacial score (nSPS) is 20.2. The zero-order chi connectivity index (χ0) is 18.7. The van der Waals surface area contributed by atoms with Crippen LogP contribution in [0, 0.1) is 5.92 Å². The molecular weight excluding hydrogens is 420 g/mol. The van der Waals surface area contributed by atoms with Crippen molar-refractivity contribution in [2.75, 3.05) is 33.3 Å². The SMILES string of the molecule is COc1ccc(Br)cc1S(=O)(=O)N1CCN(C(=O)C2CCCCC2)CC1. The first-order valence-corrected chi connectivity index (χ1v) is 11.3. The molecule has 0 bridgehead atoms. The first-order chi connectivity index (χ1) is 12.4. The Bertz CT molecular complexity index is 754. The number of nitrogens with zero attached hydrogens (tertiary/aromatic N) is 2. The Morgan fingerprint density at radius 2 is 1.77 bits per heavy atom. The second kappa shape index (κ2) is 8.27. The summed E-state index contributed by atoms with van der Waals surface area (Å²) in [6.45, 7) is 1.53. The Morgan fingerprint density at radius 3 is 2.38 bits per heavy atom. The van der Waals surface area contributed by atoms with Gasteiger partial charge in [-0.15, -0.1) is 0 Å². The van der Waals surface area contributed by atoms with Gasteiger partial charge in [0.15, 0.2) is 0 Å². The molecule has 0 atom stereocenters. The smallest absolute Gasteiger partial charge is 0.246 e. The highest BCUT2D eigenvalue weighted by Crippen LogP contribution is 2.31. The summed E-state index contributed by atoms with van der Waals surface area (Å²) in [6.07, 6.45) is 5.38. The minimum Gasteiger partial charge on any atom is -0.495 e. The lowest BCUT2D eigenvalue weighted by atomic mass is 9.88. The third kappa shape index (κ3) is 4.07. The van der Waals surface area contributed by atoms with Crippen LogP contribution in [0.15, 0.2) is 27.6 Å². The van der Waals surface area contributed by atoms with Crippen LogP contribution in [0.1, 0.15) is 32.1 Å². The number of hydrogen-bond donors (Lipinski definition) is 0. The molecule has 26 heavy (non-hydrogen) atoms. The van der Waals surface area contributed by atoms with Crippen molar-refractivity contribution in [3.05, 3.63) is 22.7 Å². The van der Waals surface area contributed by atoms with E-state index in [-0.39, 0.29) is 16.7 Å². The summed E-state index contributed by atoms with van der Waals surface area (Å²) in [5.41, 5.74) is 0. The van der Waals surface area contributed by atoms with E-state index >= 15 is 0 Å². The highest BCUT2D eigenvalue weighted by Gasteiger charge is 2.34. The predicted molar refractivity (Wildman–Crippen MR) is 103 cm³/mol. The Balaban J connectivity index is 1.69. The molecule has 8 heteroatoms. The van der Waals surface area contributed by atoms with E-state index in [0.717, 1.165) is 25.7 Å². The summed E-state index contributed by atoms with van der Waals surface area (Å²) in [5.74, 6) is 0.646. The molecule has 3 rings (SSSR count). The first kappa shape index (κ1) is 19.6. The molecule has 1 aliphatic carbocycles. The van der Waals surface area contributed by atoms with Crippen molar-refractivity contribution < 1.29 is 17.9 Å². The van der Waals surface area contributed by atoms with Crippen molar-refractivity contribution in [2.24, 2.45) is 5.92 Å². The third-order valence-corrected chi connectivity index (χ3v) is 7.66. The lowest BCUT2D eigenvalue weighted by Gasteiger charge is -2.36. The maximum atomic E-state index is 13.0. The van der Waals surface area contributed by atoms with Gasteiger partial charge in [0.1, 0.15) is 10.6 Å². The summed E-state index contributed by atoms with van der Waals surface area (Å²) < 4.78 is 33.4. The molecule has 0 radical (unpaired) electrons. The van der Waals surface area contributed by atoms with E-state index in [1.165, 1.54) is 17.8 Å². The van der Waals surface area contributed by atoms with Gasteiger partial charge in [-0.25, -0.2) is 8.42 Å². The van der Waals surface area contributed by atoms with E-state index in [1.807, 2.05) is 4.90 Å². The van der Waals surface area contributed by atoms with Crippen LogP contribution in [0.5, 0.6) is 5.75 Å². The maximum absolute atomic E-state index is 13.0. The standard InChI is InChI=1S/C18H25BrN2O4S/c1-25-16-8-7-15(19)13-17(16)26(23,24)21-11-9-20(10-12-21)18(22)14-5-3-2-4-6-14/h7-8,13-14H,2-6,9-12H2,1H3. The Labute approximate surface area is 163 Å². The zero-order valence-corrected chi connectivity index (χ0v) is 17.4. The van der Waals surface area contributed by atoms with Gasteiger partial charge in [-0.1, -0.05) is 35.2 Å². The fourth-order valence-electron chi connectivity index (χ4n) is 3.75. The largest absolute Gasteiger partial charge is 0.495 e. The van der Waals surface area contributed by atoms with E-state index in [4.69, 9.17) is 4.74 Å². The first-order valence-electron chi connectivity index (χ1n) is 9.06. The molecule has 2 aliphatic rings. The summed E-state index contributed by atoms with van der Waals surface area (Å²) in [7, 11) is -2.20. The molecule has 1 saturated heterocycles. The third-order valence-electron chi connectivity index (χ3n) is 5.25. The lowest BCUT2D eigenvalue weighted by Crippen LogP contribution is -2.52. The monoisotopic (exact) mass is 444 g/mol. The van der Waals surface area contributed by atoms with Crippen molar-refractivity contribution in [1.29, 1.82) is 0 Å². The van der Waals surface area contributed by atoms with Crippen LogP contribution in [0.25, 0.3) is 0 Å². The van der Waals surface area contributed by atoms with Crippen LogP contribution in [0.3, 0.4) is 0 Å². The summed E-state index contributed by atoms with van der Waals surface area (Å²) in [5, 5.41) is 0. The van der Waals surface area contributed by atoms with E-state index in [1.54, 1.807) is 18.2 Å². The van der Waals surface area contributed by atoms with Crippen LogP contribution < -0.4 is 4.74 Å². The average molecular weight is 445 g/mol. The molecule has 0 aromatic heterocycles. The fraction of sp³-hybridized carbons (Fsp3) is 0.611. The molecule has 0 spiro atoms. The van der Waals surface area contributed by atoms with Gasteiger partial charge in [0.05, 0.1) is 7.11 Å². The minimum atomic E-state index is -3.66. The number of carbonyl (C=O) groups is 1. The van der Waals surface area contributed by atoms with Crippen LogP contribution >= 0.6 is 15.9 Å². The van der Waals surface area contributed by atoms with E-state index in [9.17, 15) is 13.2 Å². The molecule has 1 heterocycles. The molecule has 1 aromatic carbocycles. The number of hydrogen-bond acceptors (Lipinski definition) is 4. The van der Waals surface area contributed by atoms with Crippen molar-refractivity contribution >= 4 is 31.9 Å². The number of methoxy groups -OCH3 is 1. The molecule has 0 unspecified atom stereocenters. The van der Waals surface area contributed by atoms with Crippen molar-refractivity contribution in [1.82, 2.24) is 9.21 Å². The Morgan fingerprint density at radius 1 is 1.12 bits per heavy atom. The number of ether oxygens (including phenoxy) is 1. The van der Waals surface area contributed by atoms with Gasteiger partial charge in [0.25, 0.3) is 0 Å². The Hall–Kier alpha value is -1.12. The van der Waals surface area contributed by atoms with Gasteiger partial charge in [0.2, 0.25) is 15.9 Å². The van der Waals surface area contributed by atoms with Crippen molar-refractivity contribution in [2.45, 2.75) is 37.0 Å². The second-order valence-corrected chi connectivity index (χ2v) is 9.68. The van der Waals surface area contributed by atoms with Crippen LogP contribution in [0.4, 0.5) is 0 Å². The number of benzene rings is 1. The quantitative estimate of drug-likeness (QED) is 0.715. The lowest BCUT2D eigenvalue weighted by molar-refractivity contribution is -0.137. The molecule has 1 amide bonds. The zero-order valence-electron chi connectivity index (χ0n) is 15.0. The highest BCUT2D eigenvalue weighted by atomic mass is 79.9. The molecule has 1 aromatic rings. The maximum Gasteiger partial charge on any atom is 0.246 e. The second-order valence-electron chi connectivity index (χ2n) is 6.86. The van der Waals surface area contributed by atoms with Crippen LogP contribution in [-0.4, -0.2) is 56.8 Å². The van der Waals surface area contributed by atoms with E-state index in [0.29, 0.717) is 36.4 Å². The van der Waals surface area contributed by atoms with Gasteiger partial charge >= 0.3 is 0 Å². The van der Waals surface area contributed by atoms with Crippen molar-refractivity contribution in [3.63, 3.8) is 0 Å². The highest BCUT2D eigenvalue weighted by molar-refractivity contribution is 9.10. The van der Waals surface area contributed by atoms with E-state index in [2.05, 4.69) is 15.9 Å². The van der Waals surface area contributed by atoms with Crippen LogP contribution in [0.2, 0.25) is 0 Å². The molecule has 144 valence electrons. The number of rotatable bonds is 4. The summed E-state index contributed by atoms with van der Waals surface area (Å²) in [4.78, 5) is 14.6. The van der Waals surface area contributed by atoms with Gasteiger partial charge in [-0.3, -0.25) is 4.79 Å². The van der Waals surface area contributed by atoms with Crippen molar-refractivity contribution in [3.8, 4) is 5.75 Å². The molecule has 2 fully saturated rings. The molecule has 1 saturated carbocycles. The summed E-state index contributed by atoms with van der Waals surface area (Å²) >= 11 is 3.32. The molecule has 0 N–H and O–H groups in total. The predicted octanol–water partition coefficient (Wildman–Crippen LogP) is 2.87. The van der Waals surface area contributed by atoms with Gasteiger partial charge in [-0.2, -0.15) is 4.31 Å². The number of halogens is 1. The van der Waals surface area contributed by atoms with Gasteiger partial charge in [0, 0.05) is 36.6 Å². The number of carbonyl (C=O) groups excluding carboxylic acids is 1.